The van der Waals surface area contributed by atoms with Crippen LogP contribution in [0.2, 0.25) is 0 Å². The van der Waals surface area contributed by atoms with E-state index in [1.165, 1.54) is 52.3 Å². The zero-order valence-electron chi connectivity index (χ0n) is 14.0. The van der Waals surface area contributed by atoms with Crippen LogP contribution in [0.5, 0.6) is 0 Å². The molecule has 4 nitrogen and oxygen atoms in total. The second kappa shape index (κ2) is 7.59. The second-order valence-electron chi connectivity index (χ2n) is 6.98. The van der Waals surface area contributed by atoms with E-state index in [1.54, 1.807) is 0 Å². The van der Waals surface area contributed by atoms with Crippen molar-refractivity contribution in [3.63, 3.8) is 0 Å². The summed E-state index contributed by atoms with van der Waals surface area (Å²) in [5.74, 6) is 0.842. The molecule has 0 amide bonds. The van der Waals surface area contributed by atoms with Crippen LogP contribution in [-0.2, 0) is 9.53 Å². The minimum Gasteiger partial charge on any atom is -0.468 e. The summed E-state index contributed by atoms with van der Waals surface area (Å²) in [5, 5.41) is 3.29. The molecule has 1 atom stereocenters. The van der Waals surface area contributed by atoms with Crippen LogP contribution in [0.3, 0.4) is 0 Å². The van der Waals surface area contributed by atoms with Crippen LogP contribution in [0.1, 0.15) is 58.8 Å². The number of rotatable bonds is 11. The van der Waals surface area contributed by atoms with Crippen molar-refractivity contribution >= 4 is 5.97 Å². The zero-order chi connectivity index (χ0) is 15.3. The highest BCUT2D eigenvalue weighted by atomic mass is 16.5. The Kier molecular flexibility index (Phi) is 6.06. The van der Waals surface area contributed by atoms with Gasteiger partial charge in [0.2, 0.25) is 0 Å². The predicted octanol–water partition coefficient (Wildman–Crippen LogP) is 2.57. The van der Waals surface area contributed by atoms with Gasteiger partial charge in [-0.25, -0.2) is 0 Å². The van der Waals surface area contributed by atoms with Gasteiger partial charge in [-0.15, -0.1) is 0 Å². The smallest absolute Gasteiger partial charge is 0.325 e. The van der Waals surface area contributed by atoms with Crippen molar-refractivity contribution in [1.82, 2.24) is 10.2 Å². The van der Waals surface area contributed by atoms with E-state index in [2.05, 4.69) is 10.2 Å². The summed E-state index contributed by atoms with van der Waals surface area (Å²) >= 11 is 0. The standard InChI is InChI=1S/C17H32N2O2/c1-4-18-17(2,16(20)21-3)11-5-6-12-19(15-9-10-15)13-14-7-8-14/h14-15,18H,4-13H2,1-3H3. The number of hydrogen-bond donors (Lipinski definition) is 1. The lowest BCUT2D eigenvalue weighted by atomic mass is 9.94. The van der Waals surface area contributed by atoms with Crippen molar-refractivity contribution in [3.8, 4) is 0 Å². The summed E-state index contributed by atoms with van der Waals surface area (Å²) in [7, 11) is 1.47. The van der Waals surface area contributed by atoms with E-state index in [0.29, 0.717) is 0 Å². The lowest BCUT2D eigenvalue weighted by Gasteiger charge is -2.28. The molecule has 2 aliphatic carbocycles. The molecule has 0 spiro atoms. The monoisotopic (exact) mass is 296 g/mol. The summed E-state index contributed by atoms with van der Waals surface area (Å²) in [6.07, 6.45) is 8.77. The minimum atomic E-state index is -0.523. The molecule has 0 aliphatic heterocycles. The predicted molar refractivity (Wildman–Crippen MR) is 85.3 cm³/mol. The molecule has 0 aromatic rings. The number of nitrogens with one attached hydrogen (secondary N) is 1. The van der Waals surface area contributed by atoms with Gasteiger partial charge in [0.15, 0.2) is 0 Å². The van der Waals surface area contributed by atoms with Gasteiger partial charge >= 0.3 is 5.97 Å². The molecule has 1 N–H and O–H groups in total. The second-order valence-corrected chi connectivity index (χ2v) is 6.98. The third kappa shape index (κ3) is 5.26. The molecule has 2 aliphatic rings. The molecule has 21 heavy (non-hydrogen) atoms. The zero-order valence-corrected chi connectivity index (χ0v) is 14.0. The molecule has 0 radical (unpaired) electrons. The average Bonchev–Trinajstić information content (AvgIpc) is 3.34. The summed E-state index contributed by atoms with van der Waals surface area (Å²) in [6, 6.07) is 0.867. The Labute approximate surface area is 129 Å². The van der Waals surface area contributed by atoms with Crippen LogP contribution in [-0.4, -0.2) is 49.2 Å². The van der Waals surface area contributed by atoms with Crippen LogP contribution in [0.25, 0.3) is 0 Å². The number of ether oxygens (including phenoxy) is 1. The quantitative estimate of drug-likeness (QED) is 0.470. The largest absolute Gasteiger partial charge is 0.468 e. The van der Waals surface area contributed by atoms with Crippen LogP contribution >= 0.6 is 0 Å². The normalized spacial score (nSPS) is 21.3. The van der Waals surface area contributed by atoms with Crippen LogP contribution in [0, 0.1) is 5.92 Å². The van der Waals surface area contributed by atoms with E-state index in [9.17, 15) is 4.79 Å². The number of carbonyl (C=O) groups excluding carboxylic acids is 1. The molecule has 1 unspecified atom stereocenters. The highest BCUT2D eigenvalue weighted by Crippen LogP contribution is 2.35. The van der Waals surface area contributed by atoms with Crippen LogP contribution in [0.4, 0.5) is 0 Å². The van der Waals surface area contributed by atoms with Gasteiger partial charge in [-0.1, -0.05) is 6.92 Å². The highest BCUT2D eigenvalue weighted by molar-refractivity contribution is 5.80. The van der Waals surface area contributed by atoms with E-state index < -0.39 is 5.54 Å². The maximum atomic E-state index is 11.9. The third-order valence-corrected chi connectivity index (χ3v) is 4.83. The third-order valence-electron chi connectivity index (χ3n) is 4.83. The fraction of sp³-hybridized carbons (Fsp3) is 0.941. The van der Waals surface area contributed by atoms with E-state index in [0.717, 1.165) is 31.3 Å². The molecule has 2 saturated carbocycles. The van der Waals surface area contributed by atoms with Gasteiger partial charge in [-0.05, 0) is 70.9 Å². The van der Waals surface area contributed by atoms with Gasteiger partial charge in [0.05, 0.1) is 7.11 Å². The van der Waals surface area contributed by atoms with Crippen LogP contribution in [0.15, 0.2) is 0 Å². The van der Waals surface area contributed by atoms with Gasteiger partial charge in [0.25, 0.3) is 0 Å². The Bertz CT molecular complexity index is 340. The van der Waals surface area contributed by atoms with E-state index >= 15 is 0 Å². The van der Waals surface area contributed by atoms with E-state index in [-0.39, 0.29) is 5.97 Å². The molecule has 0 aromatic heterocycles. The number of esters is 1. The maximum absolute atomic E-state index is 11.9. The fourth-order valence-corrected chi connectivity index (χ4v) is 3.17. The molecule has 2 rings (SSSR count). The number of carbonyl (C=O) groups is 1. The lowest BCUT2D eigenvalue weighted by molar-refractivity contribution is -0.148. The highest BCUT2D eigenvalue weighted by Gasteiger charge is 2.34. The topological polar surface area (TPSA) is 41.6 Å². The van der Waals surface area contributed by atoms with Crippen molar-refractivity contribution in [3.05, 3.63) is 0 Å². The molecular formula is C17H32N2O2. The summed E-state index contributed by atoms with van der Waals surface area (Å²) in [4.78, 5) is 14.6. The Morgan fingerprint density at radius 2 is 2.00 bits per heavy atom. The van der Waals surface area contributed by atoms with Crippen molar-refractivity contribution in [2.24, 2.45) is 5.92 Å². The number of likely N-dealkylation sites (N-methyl/N-ethyl adjacent to an activating group) is 1. The SMILES string of the molecule is CCNC(C)(CCCCN(CC1CC1)C1CC1)C(=O)OC. The first-order valence-corrected chi connectivity index (χ1v) is 8.66. The molecule has 0 bridgehead atoms. The van der Waals surface area contributed by atoms with Gasteiger partial charge < -0.3 is 15.0 Å². The molecule has 0 heterocycles. The first-order valence-electron chi connectivity index (χ1n) is 8.66. The van der Waals surface area contributed by atoms with Crippen molar-refractivity contribution in [2.45, 2.75) is 70.4 Å². The Morgan fingerprint density at radius 3 is 2.52 bits per heavy atom. The number of methoxy groups -OCH3 is 1. The van der Waals surface area contributed by atoms with E-state index in [4.69, 9.17) is 4.74 Å². The summed E-state index contributed by atoms with van der Waals surface area (Å²) in [5.41, 5.74) is -0.523. The van der Waals surface area contributed by atoms with E-state index in [1.807, 2.05) is 13.8 Å². The molecule has 4 heteroatoms. The summed E-state index contributed by atoms with van der Waals surface area (Å²) < 4.78 is 4.94. The molecule has 2 fully saturated rings. The molecule has 0 saturated heterocycles. The summed E-state index contributed by atoms with van der Waals surface area (Å²) in [6.45, 7) is 7.30. The number of nitrogens with zero attached hydrogens (tertiary/aromatic N) is 1. The molecule has 122 valence electrons. The molecular weight excluding hydrogens is 264 g/mol. The average molecular weight is 296 g/mol. The fourth-order valence-electron chi connectivity index (χ4n) is 3.17. The number of hydrogen-bond acceptors (Lipinski definition) is 4. The Morgan fingerprint density at radius 1 is 1.29 bits per heavy atom. The lowest BCUT2D eigenvalue weighted by Crippen LogP contribution is -2.50. The van der Waals surface area contributed by atoms with Gasteiger partial charge in [-0.2, -0.15) is 0 Å². The Balaban J connectivity index is 1.69. The minimum absolute atomic E-state index is 0.138. The maximum Gasteiger partial charge on any atom is 0.325 e. The first-order chi connectivity index (χ1) is 10.1. The number of unbranched alkanes of at least 4 members (excludes halogenated alkanes) is 1. The molecule has 0 aromatic carbocycles. The van der Waals surface area contributed by atoms with Crippen molar-refractivity contribution in [1.29, 1.82) is 0 Å². The van der Waals surface area contributed by atoms with Crippen molar-refractivity contribution in [2.75, 3.05) is 26.7 Å². The first kappa shape index (κ1) is 16.8. The van der Waals surface area contributed by atoms with Gasteiger partial charge in [0, 0.05) is 12.6 Å². The van der Waals surface area contributed by atoms with Crippen molar-refractivity contribution < 1.29 is 9.53 Å². The van der Waals surface area contributed by atoms with Gasteiger partial charge in [0.1, 0.15) is 5.54 Å². The Hall–Kier alpha value is -0.610. The van der Waals surface area contributed by atoms with Crippen LogP contribution < -0.4 is 5.32 Å². The van der Waals surface area contributed by atoms with Gasteiger partial charge in [-0.3, -0.25) is 4.79 Å².